The molecule has 0 saturated carbocycles. The lowest BCUT2D eigenvalue weighted by molar-refractivity contribution is -0.134. The Hall–Kier alpha value is -5.17. The molecule has 0 radical (unpaired) electrons. The summed E-state index contributed by atoms with van der Waals surface area (Å²) in [6, 6.07) is 7.63. The number of likely N-dealkylation sites (N-methyl/N-ethyl adjacent to an activating group) is 1. The molecule has 18 heteroatoms. The number of nitrogens with zero attached hydrogens (tertiary/aromatic N) is 2. The van der Waals surface area contributed by atoms with E-state index in [1.54, 1.807) is 38.2 Å². The van der Waals surface area contributed by atoms with Crippen LogP contribution < -0.4 is 43.0 Å². The summed E-state index contributed by atoms with van der Waals surface area (Å²) in [5.74, 6) is -4.67. The Morgan fingerprint density at radius 2 is 1.54 bits per heavy atom. The van der Waals surface area contributed by atoms with Gasteiger partial charge in [0.1, 0.15) is 30.7 Å². The molecule has 0 aliphatic carbocycles. The SMILES string of the molecule is CC(C)C(NC(=O)[C@H](C)NC(=O)[C@H](Cc1c[nH]c2ccccc12)NC(=O)[C@H](CCC(N)=O)NC(=O)CN(C)[S+]([O-])c1ccc([N+](C)(C)C)c(N)c1)C(N)=O. The van der Waals surface area contributed by atoms with Gasteiger partial charge < -0.3 is 48.0 Å². The fraction of sp³-hybridized carbons (Fsp3) is 0.444. The fourth-order valence-electron chi connectivity index (χ4n) is 5.71. The molecule has 3 rings (SSSR count). The van der Waals surface area contributed by atoms with E-state index in [9.17, 15) is 33.3 Å². The number of carbonyl (C=O) groups excluding carboxylic acids is 6. The topological polar surface area (TPSA) is 271 Å². The minimum atomic E-state index is -1.80. The summed E-state index contributed by atoms with van der Waals surface area (Å²) < 4.78 is 15.0. The Labute approximate surface area is 318 Å². The van der Waals surface area contributed by atoms with E-state index in [-0.39, 0.29) is 25.2 Å². The van der Waals surface area contributed by atoms with E-state index < -0.39 is 77.5 Å². The number of amides is 6. The molecule has 54 heavy (non-hydrogen) atoms. The van der Waals surface area contributed by atoms with Crippen molar-refractivity contribution in [3.05, 3.63) is 54.2 Å². The predicted octanol–water partition coefficient (Wildman–Crippen LogP) is -0.490. The second kappa shape index (κ2) is 18.7. The molecule has 0 spiro atoms. The number of carbonyl (C=O) groups is 6. The molecule has 0 bridgehead atoms. The monoisotopic (exact) mass is 769 g/mol. The van der Waals surface area contributed by atoms with Crippen molar-refractivity contribution in [3.8, 4) is 0 Å². The number of nitrogens with one attached hydrogen (secondary N) is 5. The van der Waals surface area contributed by atoms with Gasteiger partial charge in [0.25, 0.3) is 0 Å². The van der Waals surface area contributed by atoms with E-state index in [1.807, 2.05) is 45.4 Å². The molecule has 0 aliphatic heterocycles. The normalized spacial score (nSPS) is 14.5. The summed E-state index contributed by atoms with van der Waals surface area (Å²) in [6.45, 7) is 4.42. The Morgan fingerprint density at radius 1 is 0.889 bits per heavy atom. The molecular formula is C36H53N10O7S+. The predicted molar refractivity (Wildman–Crippen MR) is 207 cm³/mol. The summed E-state index contributed by atoms with van der Waals surface area (Å²) in [5.41, 5.74) is 19.7. The molecule has 3 aromatic rings. The first-order valence-electron chi connectivity index (χ1n) is 17.4. The molecule has 17 nitrogen and oxygen atoms in total. The van der Waals surface area contributed by atoms with Gasteiger partial charge >= 0.3 is 0 Å². The number of primary amides is 2. The highest BCUT2D eigenvalue weighted by molar-refractivity contribution is 7.89. The molecule has 0 fully saturated rings. The number of nitrogen functional groups attached to an aromatic ring is 1. The number of benzene rings is 2. The number of fused-ring (bicyclic) bond motifs is 1. The molecule has 6 amide bonds. The van der Waals surface area contributed by atoms with Crippen LogP contribution in [0.4, 0.5) is 11.4 Å². The molecule has 2 unspecified atom stereocenters. The zero-order valence-electron chi connectivity index (χ0n) is 31.7. The van der Waals surface area contributed by atoms with Crippen molar-refractivity contribution in [2.24, 2.45) is 17.4 Å². The number of aromatic nitrogens is 1. The molecule has 11 N–H and O–H groups in total. The van der Waals surface area contributed by atoms with Crippen molar-refractivity contribution >= 4 is 69.1 Å². The van der Waals surface area contributed by atoms with Gasteiger partial charge in [-0.1, -0.05) is 32.0 Å². The van der Waals surface area contributed by atoms with Crippen LogP contribution in [0.5, 0.6) is 0 Å². The van der Waals surface area contributed by atoms with Gasteiger partial charge in [-0.25, -0.2) is 0 Å². The molecule has 1 heterocycles. The molecular weight excluding hydrogens is 717 g/mol. The summed E-state index contributed by atoms with van der Waals surface area (Å²) in [4.78, 5) is 80.9. The number of aromatic amines is 1. The maximum Gasteiger partial charge on any atom is 0.243 e. The van der Waals surface area contributed by atoms with Gasteiger partial charge in [0.15, 0.2) is 10.6 Å². The van der Waals surface area contributed by atoms with Crippen LogP contribution in [-0.4, -0.2) is 108 Å². The van der Waals surface area contributed by atoms with Crippen molar-refractivity contribution < 1.29 is 33.3 Å². The number of anilines is 1. The van der Waals surface area contributed by atoms with Crippen LogP contribution in [0.2, 0.25) is 0 Å². The van der Waals surface area contributed by atoms with Crippen LogP contribution in [0.3, 0.4) is 0 Å². The number of para-hydroxylation sites is 1. The summed E-state index contributed by atoms with van der Waals surface area (Å²) in [5, 5.41) is 11.2. The molecule has 0 aliphatic rings. The molecule has 1 aromatic heterocycles. The van der Waals surface area contributed by atoms with Gasteiger partial charge in [0.2, 0.25) is 35.4 Å². The smallest absolute Gasteiger partial charge is 0.243 e. The zero-order chi connectivity index (χ0) is 40.5. The minimum absolute atomic E-state index is 0.0277. The van der Waals surface area contributed by atoms with Crippen LogP contribution in [0.15, 0.2) is 53.6 Å². The van der Waals surface area contributed by atoms with Crippen molar-refractivity contribution in [1.29, 1.82) is 0 Å². The third-order valence-electron chi connectivity index (χ3n) is 8.66. The average Bonchev–Trinajstić information content (AvgIpc) is 3.49. The van der Waals surface area contributed by atoms with E-state index in [4.69, 9.17) is 17.2 Å². The van der Waals surface area contributed by atoms with Gasteiger partial charge in [-0.3, -0.25) is 33.3 Å². The largest absolute Gasteiger partial charge is 0.593 e. The van der Waals surface area contributed by atoms with Gasteiger partial charge in [-0.2, -0.15) is 0 Å². The third kappa shape index (κ3) is 11.9. The van der Waals surface area contributed by atoms with Crippen molar-refractivity contribution in [2.45, 2.75) is 69.1 Å². The second-order valence-corrected chi connectivity index (χ2v) is 16.0. The lowest BCUT2D eigenvalue weighted by Gasteiger charge is -2.26. The van der Waals surface area contributed by atoms with Crippen LogP contribution >= 0.6 is 0 Å². The zero-order valence-corrected chi connectivity index (χ0v) is 32.5. The van der Waals surface area contributed by atoms with Gasteiger partial charge in [0, 0.05) is 55.2 Å². The molecule has 294 valence electrons. The van der Waals surface area contributed by atoms with E-state index >= 15 is 0 Å². The first kappa shape index (κ1) is 43.2. The van der Waals surface area contributed by atoms with Crippen LogP contribution in [0.1, 0.15) is 39.2 Å². The number of quaternary nitrogens is 1. The molecule has 5 atom stereocenters. The van der Waals surface area contributed by atoms with Crippen LogP contribution in [-0.2, 0) is 46.5 Å². The third-order valence-corrected chi connectivity index (χ3v) is 10.0. The summed E-state index contributed by atoms with van der Waals surface area (Å²) >= 11 is -1.80. The Kier molecular flexibility index (Phi) is 15.0. The van der Waals surface area contributed by atoms with Crippen LogP contribution in [0.25, 0.3) is 10.9 Å². The van der Waals surface area contributed by atoms with Gasteiger partial charge in [-0.15, -0.1) is 4.31 Å². The van der Waals surface area contributed by atoms with Gasteiger partial charge in [0.05, 0.1) is 38.2 Å². The Balaban J connectivity index is 1.81. The minimum Gasteiger partial charge on any atom is -0.593 e. The number of rotatable bonds is 19. The molecule has 2 aromatic carbocycles. The summed E-state index contributed by atoms with van der Waals surface area (Å²) in [7, 11) is 7.28. The maximum atomic E-state index is 13.8. The summed E-state index contributed by atoms with van der Waals surface area (Å²) in [6.07, 6.45) is 1.19. The highest BCUT2D eigenvalue weighted by Crippen LogP contribution is 2.29. The van der Waals surface area contributed by atoms with Crippen molar-refractivity contribution in [3.63, 3.8) is 0 Å². The number of hydrogen-bond acceptors (Lipinski definition) is 9. The van der Waals surface area contributed by atoms with E-state index in [1.165, 1.54) is 18.3 Å². The van der Waals surface area contributed by atoms with Gasteiger partial charge in [-0.05, 0) is 30.9 Å². The van der Waals surface area contributed by atoms with E-state index in [0.29, 0.717) is 20.6 Å². The van der Waals surface area contributed by atoms with Crippen molar-refractivity contribution in [2.75, 3.05) is 40.5 Å². The lowest BCUT2D eigenvalue weighted by atomic mass is 10.0. The van der Waals surface area contributed by atoms with Crippen molar-refractivity contribution in [1.82, 2.24) is 35.0 Å². The highest BCUT2D eigenvalue weighted by Gasteiger charge is 2.32. The van der Waals surface area contributed by atoms with Crippen LogP contribution in [0, 0.1) is 5.92 Å². The highest BCUT2D eigenvalue weighted by atomic mass is 32.2. The quantitative estimate of drug-likeness (QED) is 0.0443. The Morgan fingerprint density at radius 3 is 2.13 bits per heavy atom. The standard InChI is InChI=1S/C36H52N10O7S/c1-20(2)32(33(39)49)44-34(50)21(3)41-36(52)28(16-22-18-40-26-11-9-8-10-24(22)26)43-35(51)27(13-15-30(38)47)42-31(48)19-45(4)54(53)23-12-14-29(25(37)17-23)46(5,6)7/h8-12,14,17-18,20-21,27-28,32,40H,13,15-16,19,37H2,1-7H3,(H7-,38,39,41,42,43,44,47,48,49,50,51,52)/p+1/t21-,27-,28-,32?,54?/m0/s1. The average molecular weight is 770 g/mol. The second-order valence-electron chi connectivity index (χ2n) is 14.4. The fourth-order valence-corrected chi connectivity index (χ4v) is 6.72. The lowest BCUT2D eigenvalue weighted by Crippen LogP contribution is -2.58. The number of hydrogen-bond donors (Lipinski definition) is 8. The number of H-pyrrole nitrogens is 1. The number of nitrogens with two attached hydrogens (primary N) is 3. The maximum absolute atomic E-state index is 13.8. The first-order chi connectivity index (χ1) is 25.2. The first-order valence-corrected chi connectivity index (χ1v) is 18.5. The van der Waals surface area contributed by atoms with E-state index in [2.05, 4.69) is 26.3 Å². The Bertz CT molecular complexity index is 1840. The molecule has 0 saturated heterocycles. The van der Waals surface area contributed by atoms with E-state index in [0.717, 1.165) is 16.6 Å².